The van der Waals surface area contributed by atoms with E-state index in [1.165, 1.54) is 38.7 Å². The van der Waals surface area contributed by atoms with E-state index in [0.717, 1.165) is 6.42 Å². The van der Waals surface area contributed by atoms with Crippen LogP contribution in [0.3, 0.4) is 0 Å². The highest BCUT2D eigenvalue weighted by atomic mass is 32.2. The Morgan fingerprint density at radius 3 is 2.66 bits per heavy atom. The van der Waals surface area contributed by atoms with Crippen molar-refractivity contribution in [3.05, 3.63) is 35.9 Å². The average Bonchev–Trinajstić information content (AvgIpc) is 3.22. The van der Waals surface area contributed by atoms with Crippen LogP contribution in [0, 0.1) is 5.92 Å². The number of aromatic nitrogens is 3. The van der Waals surface area contributed by atoms with Crippen LogP contribution in [0.15, 0.2) is 29.4 Å². The van der Waals surface area contributed by atoms with Gasteiger partial charge in [-0.3, -0.25) is 9.59 Å². The highest BCUT2D eigenvalue weighted by Crippen LogP contribution is 2.25. The number of methoxy groups -OCH3 is 2. The maximum Gasteiger partial charge on any atom is 0.267 e. The third-order valence-electron chi connectivity index (χ3n) is 4.69. The third-order valence-corrected chi connectivity index (χ3v) is 6.08. The second kappa shape index (κ2) is 11.6. The molecule has 0 spiro atoms. The first-order chi connectivity index (χ1) is 15.2. The number of amides is 2. The van der Waals surface area contributed by atoms with Crippen molar-refractivity contribution in [2.75, 3.05) is 20.8 Å². The molecule has 176 valence electrons. The summed E-state index contributed by atoms with van der Waals surface area (Å²) in [4.78, 5) is 28.7. The lowest BCUT2D eigenvalue weighted by Crippen LogP contribution is -2.35. The Morgan fingerprint density at radius 2 is 2.00 bits per heavy atom. The Bertz CT molecular complexity index is 1040. The number of benzene rings is 1. The number of hydrogen-bond donors (Lipinski definition) is 2. The summed E-state index contributed by atoms with van der Waals surface area (Å²) in [6.07, 6.45) is 2.67. The fourth-order valence-corrected chi connectivity index (χ4v) is 4.06. The SMILES string of the molecule is CCCn1ncnc1CNC(=O)c1ccc(S(=O)(=O)NC(=O)C(C)CCOC)c(OC)c1. The average molecular weight is 468 g/mol. The topological polar surface area (TPSA) is 142 Å². The Morgan fingerprint density at radius 1 is 1.25 bits per heavy atom. The van der Waals surface area contributed by atoms with Crippen molar-refractivity contribution in [3.63, 3.8) is 0 Å². The normalized spacial score (nSPS) is 12.2. The van der Waals surface area contributed by atoms with Crippen LogP contribution in [0.2, 0.25) is 0 Å². The third kappa shape index (κ3) is 6.50. The fourth-order valence-electron chi connectivity index (χ4n) is 2.83. The smallest absolute Gasteiger partial charge is 0.267 e. The van der Waals surface area contributed by atoms with E-state index in [2.05, 4.69) is 15.4 Å². The molecule has 32 heavy (non-hydrogen) atoms. The van der Waals surface area contributed by atoms with Gasteiger partial charge in [0.25, 0.3) is 15.9 Å². The molecule has 0 saturated heterocycles. The number of carbonyl (C=O) groups is 2. The summed E-state index contributed by atoms with van der Waals surface area (Å²) in [6.45, 7) is 4.79. The molecule has 1 unspecified atom stereocenters. The van der Waals surface area contributed by atoms with Crippen molar-refractivity contribution in [1.82, 2.24) is 24.8 Å². The van der Waals surface area contributed by atoms with Gasteiger partial charge in [-0.15, -0.1) is 0 Å². The molecule has 12 heteroatoms. The van der Waals surface area contributed by atoms with Gasteiger partial charge < -0.3 is 14.8 Å². The molecule has 0 bridgehead atoms. The van der Waals surface area contributed by atoms with E-state index in [9.17, 15) is 18.0 Å². The van der Waals surface area contributed by atoms with Crippen molar-refractivity contribution in [1.29, 1.82) is 0 Å². The molecule has 1 aromatic carbocycles. The first-order valence-corrected chi connectivity index (χ1v) is 11.6. The lowest BCUT2D eigenvalue weighted by atomic mass is 10.1. The van der Waals surface area contributed by atoms with Crippen LogP contribution in [0.5, 0.6) is 5.75 Å². The molecule has 2 amide bonds. The van der Waals surface area contributed by atoms with Gasteiger partial charge in [0, 0.05) is 31.7 Å². The van der Waals surface area contributed by atoms with Gasteiger partial charge in [-0.2, -0.15) is 5.10 Å². The molecule has 0 radical (unpaired) electrons. The molecule has 1 aromatic heterocycles. The zero-order chi connectivity index (χ0) is 23.7. The molecular weight excluding hydrogens is 438 g/mol. The monoisotopic (exact) mass is 467 g/mol. The van der Waals surface area contributed by atoms with Crippen molar-refractivity contribution in [3.8, 4) is 5.75 Å². The molecule has 0 fully saturated rings. The molecule has 0 saturated carbocycles. The molecule has 11 nitrogen and oxygen atoms in total. The summed E-state index contributed by atoms with van der Waals surface area (Å²) >= 11 is 0. The Kier molecular flexibility index (Phi) is 9.14. The molecule has 0 aliphatic carbocycles. The predicted octanol–water partition coefficient (Wildman–Crippen LogP) is 1.10. The lowest BCUT2D eigenvalue weighted by molar-refractivity contribution is -0.123. The minimum Gasteiger partial charge on any atom is -0.495 e. The number of aryl methyl sites for hydroxylation is 1. The molecule has 0 aliphatic rings. The molecule has 0 aliphatic heterocycles. The van der Waals surface area contributed by atoms with Crippen LogP contribution in [0.25, 0.3) is 0 Å². The maximum absolute atomic E-state index is 12.7. The number of rotatable bonds is 12. The summed E-state index contributed by atoms with van der Waals surface area (Å²) in [5.74, 6) is -1.10. The molecule has 2 aromatic rings. The number of hydrogen-bond acceptors (Lipinski definition) is 8. The van der Waals surface area contributed by atoms with Crippen LogP contribution in [-0.4, -0.2) is 55.8 Å². The van der Waals surface area contributed by atoms with Crippen molar-refractivity contribution in [2.24, 2.45) is 5.92 Å². The minimum atomic E-state index is -4.19. The standard InChI is InChI=1S/C20H29N5O6S/c1-5-9-25-18(22-13-23-25)12-21-20(27)15-6-7-17(16(11-15)31-4)32(28,29)24-19(26)14(2)8-10-30-3/h6-7,11,13-14H,5,8-10,12H2,1-4H3,(H,21,27)(H,24,26). The first-order valence-electron chi connectivity index (χ1n) is 10.1. The van der Waals surface area contributed by atoms with Gasteiger partial charge in [0.05, 0.1) is 13.7 Å². The minimum absolute atomic E-state index is 0.0587. The van der Waals surface area contributed by atoms with E-state index in [-0.39, 0.29) is 22.8 Å². The largest absolute Gasteiger partial charge is 0.495 e. The van der Waals surface area contributed by atoms with Gasteiger partial charge in [0.1, 0.15) is 22.8 Å². The van der Waals surface area contributed by atoms with E-state index < -0.39 is 27.8 Å². The fraction of sp³-hybridized carbons (Fsp3) is 0.500. The van der Waals surface area contributed by atoms with Crippen molar-refractivity contribution in [2.45, 2.75) is 44.7 Å². The predicted molar refractivity (Wildman–Crippen MR) is 115 cm³/mol. The second-order valence-corrected chi connectivity index (χ2v) is 8.75. The quantitative estimate of drug-likeness (QED) is 0.473. The molecule has 2 rings (SSSR count). The first kappa shape index (κ1) is 25.3. The van der Waals surface area contributed by atoms with Crippen LogP contribution < -0.4 is 14.8 Å². The van der Waals surface area contributed by atoms with Crippen LogP contribution in [-0.2, 0) is 32.6 Å². The second-order valence-electron chi connectivity index (χ2n) is 7.10. The Labute approximate surface area is 187 Å². The van der Waals surface area contributed by atoms with Gasteiger partial charge in [-0.25, -0.2) is 22.8 Å². The highest BCUT2D eigenvalue weighted by Gasteiger charge is 2.25. The van der Waals surface area contributed by atoms with Gasteiger partial charge in [0.15, 0.2) is 0 Å². The Balaban J connectivity index is 2.13. The number of nitrogens with zero attached hydrogens (tertiary/aromatic N) is 3. The number of nitrogens with one attached hydrogen (secondary N) is 2. The lowest BCUT2D eigenvalue weighted by Gasteiger charge is -2.15. The number of sulfonamides is 1. The van der Waals surface area contributed by atoms with Crippen molar-refractivity contribution < 1.29 is 27.5 Å². The number of carbonyl (C=O) groups excluding carboxylic acids is 2. The highest BCUT2D eigenvalue weighted by molar-refractivity contribution is 7.90. The van der Waals surface area contributed by atoms with Gasteiger partial charge in [0.2, 0.25) is 5.91 Å². The Hall–Kier alpha value is -2.99. The zero-order valence-corrected chi connectivity index (χ0v) is 19.4. The summed E-state index contributed by atoms with van der Waals surface area (Å²) in [5.41, 5.74) is 0.196. The maximum atomic E-state index is 12.7. The number of ether oxygens (including phenoxy) is 2. The van der Waals surface area contributed by atoms with Crippen LogP contribution >= 0.6 is 0 Å². The molecule has 2 N–H and O–H groups in total. The van der Waals surface area contributed by atoms with Gasteiger partial charge in [-0.1, -0.05) is 13.8 Å². The van der Waals surface area contributed by atoms with Gasteiger partial charge >= 0.3 is 0 Å². The van der Waals surface area contributed by atoms with Crippen LogP contribution in [0.1, 0.15) is 42.9 Å². The summed E-state index contributed by atoms with van der Waals surface area (Å²) in [7, 11) is -1.41. The summed E-state index contributed by atoms with van der Waals surface area (Å²) in [5, 5.41) is 6.83. The van der Waals surface area contributed by atoms with E-state index in [4.69, 9.17) is 9.47 Å². The van der Waals surface area contributed by atoms with E-state index >= 15 is 0 Å². The summed E-state index contributed by atoms with van der Waals surface area (Å²) < 4.78 is 39.2. The van der Waals surface area contributed by atoms with E-state index in [1.807, 2.05) is 11.6 Å². The molecule has 1 heterocycles. The zero-order valence-electron chi connectivity index (χ0n) is 18.6. The van der Waals surface area contributed by atoms with Gasteiger partial charge in [-0.05, 0) is 31.0 Å². The van der Waals surface area contributed by atoms with E-state index in [1.54, 1.807) is 11.6 Å². The van der Waals surface area contributed by atoms with Crippen LogP contribution in [0.4, 0.5) is 0 Å². The van der Waals surface area contributed by atoms with E-state index in [0.29, 0.717) is 25.4 Å². The summed E-state index contributed by atoms with van der Waals surface area (Å²) in [6, 6.07) is 3.88. The van der Waals surface area contributed by atoms with Crippen molar-refractivity contribution >= 4 is 21.8 Å². The molecular formula is C20H29N5O6S. The molecule has 1 atom stereocenters.